The molecule has 0 amide bonds. The van der Waals surface area contributed by atoms with Crippen molar-refractivity contribution in [1.29, 1.82) is 0 Å². The zero-order valence-corrected chi connectivity index (χ0v) is 13.0. The molecule has 1 saturated carbocycles. The summed E-state index contributed by atoms with van der Waals surface area (Å²) >= 11 is 0. The van der Waals surface area contributed by atoms with Crippen LogP contribution in [0.5, 0.6) is 0 Å². The molecule has 2 atom stereocenters. The summed E-state index contributed by atoms with van der Waals surface area (Å²) in [5.74, 6) is -2.75. The van der Waals surface area contributed by atoms with E-state index in [1.54, 1.807) is 6.92 Å². The van der Waals surface area contributed by atoms with Crippen molar-refractivity contribution >= 4 is 17.9 Å². The first-order valence-corrected chi connectivity index (χ1v) is 7.38. The lowest BCUT2D eigenvalue weighted by atomic mass is 10.1. The fourth-order valence-electron chi connectivity index (χ4n) is 2.18. The van der Waals surface area contributed by atoms with E-state index in [0.717, 1.165) is 12.8 Å². The van der Waals surface area contributed by atoms with Gasteiger partial charge in [-0.05, 0) is 33.2 Å². The Bertz CT molecular complexity index is 368. The standard InChI is InChI=1S/C8H15NO2.C6H11NO4/c1-6(8(10)11)9-7-4-2-3-5-7;1-7-4(6(10)11)2-3-5(8)9/h6-7,9H,2-5H2,1H3,(H,10,11);4,7H,2-3H2,1H3,(H,8,9)(H,10,11)/t;4-/m.0/s1. The molecule has 22 heavy (non-hydrogen) atoms. The zero-order valence-electron chi connectivity index (χ0n) is 13.0. The Morgan fingerprint density at radius 3 is 2.00 bits per heavy atom. The molecule has 0 heterocycles. The van der Waals surface area contributed by atoms with Crippen molar-refractivity contribution in [3.05, 3.63) is 0 Å². The zero-order chi connectivity index (χ0) is 17.1. The smallest absolute Gasteiger partial charge is 0.320 e. The van der Waals surface area contributed by atoms with Gasteiger partial charge in [0.05, 0.1) is 0 Å². The normalized spacial score (nSPS) is 17.2. The molecule has 8 nitrogen and oxygen atoms in total. The van der Waals surface area contributed by atoms with Gasteiger partial charge in [0.2, 0.25) is 0 Å². The molecule has 1 unspecified atom stereocenters. The van der Waals surface area contributed by atoms with Crippen LogP contribution in [0.15, 0.2) is 0 Å². The van der Waals surface area contributed by atoms with Gasteiger partial charge in [-0.3, -0.25) is 14.4 Å². The monoisotopic (exact) mass is 318 g/mol. The van der Waals surface area contributed by atoms with Gasteiger partial charge in [-0.2, -0.15) is 0 Å². The minimum atomic E-state index is -1.02. The van der Waals surface area contributed by atoms with E-state index in [1.807, 2.05) is 0 Å². The second-order valence-electron chi connectivity index (χ2n) is 5.32. The summed E-state index contributed by atoms with van der Waals surface area (Å²) in [6, 6.07) is -0.703. The van der Waals surface area contributed by atoms with Crippen LogP contribution >= 0.6 is 0 Å². The summed E-state index contributed by atoms with van der Waals surface area (Å²) in [6.45, 7) is 1.70. The Kier molecular flexibility index (Phi) is 10.1. The summed E-state index contributed by atoms with van der Waals surface area (Å²) in [5.41, 5.74) is 0. The molecule has 0 aromatic rings. The van der Waals surface area contributed by atoms with Crippen molar-refractivity contribution < 1.29 is 29.7 Å². The quantitative estimate of drug-likeness (QED) is 0.437. The van der Waals surface area contributed by atoms with Crippen molar-refractivity contribution in [1.82, 2.24) is 10.6 Å². The van der Waals surface area contributed by atoms with Gasteiger partial charge in [-0.15, -0.1) is 0 Å². The summed E-state index contributed by atoms with van der Waals surface area (Å²) in [5, 5.41) is 30.8. The fraction of sp³-hybridized carbons (Fsp3) is 0.786. The maximum absolute atomic E-state index is 10.4. The van der Waals surface area contributed by atoms with Crippen molar-refractivity contribution in [2.24, 2.45) is 0 Å². The number of aliphatic carboxylic acids is 3. The predicted octanol–water partition coefficient (Wildman–Crippen LogP) is 0.516. The number of carboxylic acid groups (broad SMARTS) is 3. The SMILES string of the molecule is CC(NC1CCCC1)C(=O)O.CN[C@@H](CCC(=O)O)C(=O)O. The molecule has 0 saturated heterocycles. The van der Waals surface area contributed by atoms with E-state index >= 15 is 0 Å². The Balaban J connectivity index is 0.000000401. The topological polar surface area (TPSA) is 136 Å². The number of hydrogen-bond acceptors (Lipinski definition) is 5. The van der Waals surface area contributed by atoms with E-state index in [-0.39, 0.29) is 12.8 Å². The second kappa shape index (κ2) is 11.0. The highest BCUT2D eigenvalue weighted by atomic mass is 16.4. The predicted molar refractivity (Wildman–Crippen MR) is 79.8 cm³/mol. The fourth-order valence-corrected chi connectivity index (χ4v) is 2.18. The highest BCUT2D eigenvalue weighted by molar-refractivity contribution is 5.75. The molecule has 5 N–H and O–H groups in total. The van der Waals surface area contributed by atoms with Gasteiger partial charge in [0.1, 0.15) is 12.1 Å². The lowest BCUT2D eigenvalue weighted by Gasteiger charge is -2.14. The van der Waals surface area contributed by atoms with Crippen molar-refractivity contribution in [3.63, 3.8) is 0 Å². The molecule has 0 aromatic carbocycles. The van der Waals surface area contributed by atoms with Gasteiger partial charge in [0, 0.05) is 12.5 Å². The van der Waals surface area contributed by atoms with Crippen LogP contribution in [-0.2, 0) is 14.4 Å². The maximum atomic E-state index is 10.4. The Labute approximate surface area is 129 Å². The first kappa shape index (κ1) is 20.3. The molecule has 0 radical (unpaired) electrons. The van der Waals surface area contributed by atoms with Gasteiger partial charge in [-0.1, -0.05) is 12.8 Å². The Morgan fingerprint density at radius 2 is 1.64 bits per heavy atom. The molecule has 0 aromatic heterocycles. The summed E-state index contributed by atoms with van der Waals surface area (Å²) in [7, 11) is 1.49. The van der Waals surface area contributed by atoms with E-state index in [0.29, 0.717) is 6.04 Å². The van der Waals surface area contributed by atoms with E-state index < -0.39 is 30.0 Å². The third-order valence-corrected chi connectivity index (χ3v) is 3.50. The van der Waals surface area contributed by atoms with E-state index in [4.69, 9.17) is 15.3 Å². The Morgan fingerprint density at radius 1 is 1.09 bits per heavy atom. The van der Waals surface area contributed by atoms with Crippen LogP contribution in [0.3, 0.4) is 0 Å². The lowest BCUT2D eigenvalue weighted by molar-refractivity contribution is -0.141. The van der Waals surface area contributed by atoms with Gasteiger partial charge >= 0.3 is 17.9 Å². The first-order valence-electron chi connectivity index (χ1n) is 7.38. The third kappa shape index (κ3) is 9.30. The summed E-state index contributed by atoms with van der Waals surface area (Å²) in [6.07, 6.45) is 4.74. The van der Waals surface area contributed by atoms with E-state index in [1.165, 1.54) is 19.9 Å². The molecule has 0 aliphatic heterocycles. The molecule has 0 bridgehead atoms. The molecular weight excluding hydrogens is 292 g/mol. The largest absolute Gasteiger partial charge is 0.481 e. The van der Waals surface area contributed by atoms with Crippen LogP contribution in [-0.4, -0.2) is 58.4 Å². The highest BCUT2D eigenvalue weighted by Crippen LogP contribution is 2.17. The van der Waals surface area contributed by atoms with Gasteiger partial charge < -0.3 is 26.0 Å². The first-order chi connectivity index (χ1) is 10.3. The lowest BCUT2D eigenvalue weighted by Crippen LogP contribution is -2.39. The van der Waals surface area contributed by atoms with Crippen LogP contribution < -0.4 is 10.6 Å². The van der Waals surface area contributed by atoms with Crippen LogP contribution in [0.1, 0.15) is 45.4 Å². The number of hydrogen-bond donors (Lipinski definition) is 5. The minimum absolute atomic E-state index is 0.112. The average molecular weight is 318 g/mol. The molecule has 1 fully saturated rings. The van der Waals surface area contributed by atoms with Gasteiger partial charge in [0.25, 0.3) is 0 Å². The van der Waals surface area contributed by atoms with Crippen molar-refractivity contribution in [2.45, 2.75) is 63.6 Å². The molecule has 1 aliphatic rings. The molecule has 128 valence electrons. The van der Waals surface area contributed by atoms with Crippen molar-refractivity contribution in [3.8, 4) is 0 Å². The number of likely N-dealkylation sites (N-methyl/N-ethyl adjacent to an activating group) is 1. The number of carboxylic acids is 3. The number of carbonyl (C=O) groups is 3. The van der Waals surface area contributed by atoms with Crippen LogP contribution in [0.25, 0.3) is 0 Å². The number of rotatable bonds is 8. The van der Waals surface area contributed by atoms with Gasteiger partial charge in [-0.25, -0.2) is 0 Å². The third-order valence-electron chi connectivity index (χ3n) is 3.50. The van der Waals surface area contributed by atoms with E-state index in [2.05, 4.69) is 10.6 Å². The van der Waals surface area contributed by atoms with Crippen LogP contribution in [0.2, 0.25) is 0 Å². The summed E-state index contributed by atoms with van der Waals surface area (Å²) in [4.78, 5) is 30.7. The van der Waals surface area contributed by atoms with Gasteiger partial charge in [0.15, 0.2) is 0 Å². The molecule has 1 aliphatic carbocycles. The average Bonchev–Trinajstić information content (AvgIpc) is 2.92. The minimum Gasteiger partial charge on any atom is -0.481 e. The maximum Gasteiger partial charge on any atom is 0.320 e. The number of nitrogens with one attached hydrogen (secondary N) is 2. The van der Waals surface area contributed by atoms with E-state index in [9.17, 15) is 14.4 Å². The molecule has 0 spiro atoms. The molecular formula is C14H26N2O6. The molecule has 8 heteroatoms. The van der Waals surface area contributed by atoms with Crippen molar-refractivity contribution in [2.75, 3.05) is 7.05 Å². The van der Waals surface area contributed by atoms with Crippen LogP contribution in [0, 0.1) is 0 Å². The van der Waals surface area contributed by atoms with Crippen LogP contribution in [0.4, 0.5) is 0 Å². The Hall–Kier alpha value is -1.67. The molecule has 1 rings (SSSR count). The highest BCUT2D eigenvalue weighted by Gasteiger charge is 2.19. The summed E-state index contributed by atoms with van der Waals surface area (Å²) < 4.78 is 0. The second-order valence-corrected chi connectivity index (χ2v) is 5.32.